The molecule has 1 N–H and O–H groups in total. The molecule has 0 unspecified atom stereocenters. The Morgan fingerprint density at radius 3 is 2.05 bits per heavy atom. The minimum Gasteiger partial charge on any atom is -0.352 e. The van der Waals surface area contributed by atoms with Gasteiger partial charge in [0.05, 0.1) is 10.6 Å². The zero-order valence-corrected chi connectivity index (χ0v) is 27.0. The van der Waals surface area contributed by atoms with Gasteiger partial charge in [-0.05, 0) is 73.5 Å². The monoisotopic (exact) mass is 681 g/mol. The van der Waals surface area contributed by atoms with E-state index in [0.29, 0.717) is 5.02 Å². The van der Waals surface area contributed by atoms with Crippen LogP contribution in [0.25, 0.3) is 0 Å². The number of hydrogen-bond acceptors (Lipinski definition) is 4. The number of benzene rings is 4. The molecule has 0 aliphatic heterocycles. The largest absolute Gasteiger partial charge is 0.352 e. The summed E-state index contributed by atoms with van der Waals surface area (Å²) >= 11 is 9.60. The molecule has 0 saturated heterocycles. The van der Waals surface area contributed by atoms with Gasteiger partial charge in [-0.1, -0.05) is 88.2 Å². The molecule has 10 heteroatoms. The predicted octanol–water partition coefficient (Wildman–Crippen LogP) is 6.46. The third-order valence-corrected chi connectivity index (χ3v) is 9.20. The minimum atomic E-state index is -4.16. The maximum atomic E-state index is 14.4. The maximum absolute atomic E-state index is 14.4. The van der Waals surface area contributed by atoms with Gasteiger partial charge in [0, 0.05) is 28.5 Å². The van der Waals surface area contributed by atoms with Gasteiger partial charge < -0.3 is 10.2 Å². The average Bonchev–Trinajstić information content (AvgIpc) is 2.98. The standard InChI is InChI=1S/C33H33BrClN3O4S/c1-24(2)36-33(40)31(21-25-10-5-3-6-11-25)37(22-26-12-9-13-27(34)20-26)32(39)23-38(29-18-16-28(35)17-19-29)43(41,42)30-14-7-4-8-15-30/h3-20,24,31H,21-23H2,1-2H3,(H,36,40)/t31-/m0/s1. The highest BCUT2D eigenvalue weighted by atomic mass is 79.9. The van der Waals surface area contributed by atoms with Crippen molar-refractivity contribution in [3.05, 3.63) is 130 Å². The Morgan fingerprint density at radius 1 is 0.837 bits per heavy atom. The molecule has 0 fully saturated rings. The van der Waals surface area contributed by atoms with Crippen molar-refractivity contribution in [3.8, 4) is 0 Å². The van der Waals surface area contributed by atoms with Gasteiger partial charge >= 0.3 is 0 Å². The van der Waals surface area contributed by atoms with Crippen LogP contribution in [0.2, 0.25) is 5.02 Å². The van der Waals surface area contributed by atoms with E-state index in [0.717, 1.165) is 19.9 Å². The van der Waals surface area contributed by atoms with Gasteiger partial charge in [0.25, 0.3) is 10.0 Å². The first kappa shape index (κ1) is 32.3. The summed E-state index contributed by atoms with van der Waals surface area (Å²) in [7, 11) is -4.16. The Balaban J connectivity index is 1.79. The van der Waals surface area contributed by atoms with E-state index in [2.05, 4.69) is 21.2 Å². The highest BCUT2D eigenvalue weighted by molar-refractivity contribution is 9.10. The highest BCUT2D eigenvalue weighted by Gasteiger charge is 2.34. The summed E-state index contributed by atoms with van der Waals surface area (Å²) < 4.78 is 29.8. The average molecular weight is 683 g/mol. The van der Waals surface area contributed by atoms with E-state index in [9.17, 15) is 18.0 Å². The van der Waals surface area contributed by atoms with E-state index in [1.54, 1.807) is 42.5 Å². The molecule has 4 rings (SSSR count). The Kier molecular flexibility index (Phi) is 11.0. The van der Waals surface area contributed by atoms with Crippen molar-refractivity contribution in [3.63, 3.8) is 0 Å². The van der Waals surface area contributed by atoms with Gasteiger partial charge in [0.15, 0.2) is 0 Å². The lowest BCUT2D eigenvalue weighted by molar-refractivity contribution is -0.140. The number of carbonyl (C=O) groups excluding carboxylic acids is 2. The molecule has 224 valence electrons. The van der Waals surface area contributed by atoms with Crippen molar-refractivity contribution >= 4 is 55.1 Å². The fourth-order valence-corrected chi connectivity index (χ4v) is 6.63. The number of hydrogen-bond donors (Lipinski definition) is 1. The van der Waals surface area contributed by atoms with Crippen LogP contribution in [0.3, 0.4) is 0 Å². The van der Waals surface area contributed by atoms with Crippen molar-refractivity contribution in [2.45, 2.75) is 43.8 Å². The van der Waals surface area contributed by atoms with Gasteiger partial charge in [-0.2, -0.15) is 0 Å². The van der Waals surface area contributed by atoms with Crippen LogP contribution >= 0.6 is 27.5 Å². The second kappa shape index (κ2) is 14.7. The fourth-order valence-electron chi connectivity index (χ4n) is 4.62. The Bertz CT molecular complexity index is 1640. The van der Waals surface area contributed by atoms with E-state index in [1.807, 2.05) is 68.4 Å². The van der Waals surface area contributed by atoms with Crippen molar-refractivity contribution in [1.82, 2.24) is 10.2 Å². The highest BCUT2D eigenvalue weighted by Crippen LogP contribution is 2.26. The zero-order chi connectivity index (χ0) is 31.0. The summed E-state index contributed by atoms with van der Waals surface area (Å²) in [5.74, 6) is -0.861. The molecule has 4 aromatic carbocycles. The van der Waals surface area contributed by atoms with Crippen LogP contribution in [-0.2, 0) is 32.6 Å². The normalized spacial score (nSPS) is 12.0. The number of carbonyl (C=O) groups is 2. The van der Waals surface area contributed by atoms with E-state index in [1.165, 1.54) is 17.0 Å². The lowest BCUT2D eigenvalue weighted by Crippen LogP contribution is -2.54. The molecule has 0 saturated carbocycles. The molecule has 0 aliphatic carbocycles. The molecule has 0 bridgehead atoms. The van der Waals surface area contributed by atoms with Crippen LogP contribution in [0.5, 0.6) is 0 Å². The Morgan fingerprint density at radius 2 is 1.44 bits per heavy atom. The molecule has 43 heavy (non-hydrogen) atoms. The summed E-state index contributed by atoms with van der Waals surface area (Å²) in [6, 6.07) is 30.0. The van der Waals surface area contributed by atoms with Gasteiger partial charge in [-0.15, -0.1) is 0 Å². The van der Waals surface area contributed by atoms with Crippen LogP contribution in [0.1, 0.15) is 25.0 Å². The summed E-state index contributed by atoms with van der Waals surface area (Å²) in [5, 5.41) is 3.38. The second-order valence-corrected chi connectivity index (χ2v) is 13.5. The lowest BCUT2D eigenvalue weighted by Gasteiger charge is -2.34. The number of nitrogens with zero attached hydrogens (tertiary/aromatic N) is 2. The topological polar surface area (TPSA) is 86.8 Å². The smallest absolute Gasteiger partial charge is 0.264 e. The van der Waals surface area contributed by atoms with Gasteiger partial charge in [-0.25, -0.2) is 8.42 Å². The molecule has 1 atom stereocenters. The fraction of sp³-hybridized carbons (Fsp3) is 0.212. The van der Waals surface area contributed by atoms with E-state index >= 15 is 0 Å². The number of nitrogens with one attached hydrogen (secondary N) is 1. The predicted molar refractivity (Wildman–Crippen MR) is 174 cm³/mol. The molecule has 0 spiro atoms. The summed E-state index contributed by atoms with van der Waals surface area (Å²) in [5.41, 5.74) is 1.92. The summed E-state index contributed by atoms with van der Waals surface area (Å²) in [4.78, 5) is 29.6. The van der Waals surface area contributed by atoms with Gasteiger partial charge in [0.1, 0.15) is 12.6 Å². The van der Waals surface area contributed by atoms with Crippen LogP contribution in [0.15, 0.2) is 119 Å². The summed E-state index contributed by atoms with van der Waals surface area (Å²) in [6.07, 6.45) is 0.242. The molecule has 0 aliphatic rings. The number of rotatable bonds is 12. The first-order valence-corrected chi connectivity index (χ1v) is 16.4. The van der Waals surface area contributed by atoms with Gasteiger partial charge in [-0.3, -0.25) is 13.9 Å². The second-order valence-electron chi connectivity index (χ2n) is 10.3. The van der Waals surface area contributed by atoms with Crippen LogP contribution in [0.4, 0.5) is 5.69 Å². The molecule has 2 amide bonds. The zero-order valence-electron chi connectivity index (χ0n) is 23.9. The first-order valence-electron chi connectivity index (χ1n) is 13.8. The van der Waals surface area contributed by atoms with E-state index in [4.69, 9.17) is 11.6 Å². The molecular formula is C33H33BrClN3O4S. The number of halogens is 2. The van der Waals surface area contributed by atoms with Crippen molar-refractivity contribution in [2.75, 3.05) is 10.8 Å². The lowest BCUT2D eigenvalue weighted by atomic mass is 10.0. The molecule has 7 nitrogen and oxygen atoms in total. The first-order chi connectivity index (χ1) is 20.5. The number of sulfonamides is 1. The third-order valence-electron chi connectivity index (χ3n) is 6.67. The van der Waals surface area contributed by atoms with Crippen LogP contribution in [0, 0.1) is 0 Å². The maximum Gasteiger partial charge on any atom is 0.264 e. The molecule has 0 heterocycles. The van der Waals surface area contributed by atoms with E-state index < -0.39 is 28.5 Å². The van der Waals surface area contributed by atoms with Crippen molar-refractivity contribution in [2.24, 2.45) is 0 Å². The van der Waals surface area contributed by atoms with Crippen molar-refractivity contribution < 1.29 is 18.0 Å². The Labute approximate surface area is 266 Å². The molecule has 0 aromatic heterocycles. The SMILES string of the molecule is CC(C)NC(=O)[C@H](Cc1ccccc1)N(Cc1cccc(Br)c1)C(=O)CN(c1ccc(Cl)cc1)S(=O)(=O)c1ccccc1. The third kappa shape index (κ3) is 8.69. The summed E-state index contributed by atoms with van der Waals surface area (Å²) in [6.45, 7) is 3.26. The number of amides is 2. The van der Waals surface area contributed by atoms with Crippen molar-refractivity contribution in [1.29, 1.82) is 0 Å². The number of anilines is 1. The minimum absolute atomic E-state index is 0.0367. The molecular weight excluding hydrogens is 650 g/mol. The van der Waals surface area contributed by atoms with E-state index in [-0.39, 0.29) is 35.5 Å². The molecule has 0 radical (unpaired) electrons. The van der Waals surface area contributed by atoms with Crippen LogP contribution in [-0.4, -0.2) is 43.8 Å². The molecule has 4 aromatic rings. The Hall–Kier alpha value is -3.66. The van der Waals surface area contributed by atoms with Crippen LogP contribution < -0.4 is 9.62 Å². The quantitative estimate of drug-likeness (QED) is 0.186. The van der Waals surface area contributed by atoms with Gasteiger partial charge in [0.2, 0.25) is 11.8 Å².